The Morgan fingerprint density at radius 3 is 2.40 bits per heavy atom. The maximum atomic E-state index is 6.01. The van der Waals surface area contributed by atoms with Crippen molar-refractivity contribution in [2.24, 2.45) is 4.99 Å². The van der Waals surface area contributed by atoms with E-state index in [4.69, 9.17) is 21.3 Å². The summed E-state index contributed by atoms with van der Waals surface area (Å²) in [6, 6.07) is 15.9. The molecule has 1 heterocycles. The number of benzene rings is 2. The third-order valence-electron chi connectivity index (χ3n) is 3.76. The van der Waals surface area contributed by atoms with Gasteiger partial charge in [0.1, 0.15) is 5.75 Å². The van der Waals surface area contributed by atoms with Crippen LogP contribution in [0.1, 0.15) is 20.3 Å². The molecule has 2 aromatic carbocycles. The van der Waals surface area contributed by atoms with Crippen molar-refractivity contribution in [3.8, 4) is 17.0 Å². The summed E-state index contributed by atoms with van der Waals surface area (Å²) in [6.07, 6.45) is 1.05. The first kappa shape index (κ1) is 17.8. The average Bonchev–Trinajstić information content (AvgIpc) is 3.01. The summed E-state index contributed by atoms with van der Waals surface area (Å²) in [5.74, 6) is 0.871. The molecule has 0 fully saturated rings. The lowest BCUT2D eigenvalue weighted by Crippen LogP contribution is -2.15. The third-order valence-corrected chi connectivity index (χ3v) is 4.87. The predicted molar refractivity (Wildman–Crippen MR) is 106 cm³/mol. The number of hydrogen-bond acceptors (Lipinski definition) is 3. The summed E-state index contributed by atoms with van der Waals surface area (Å²) in [4.78, 5) is 5.82. The van der Waals surface area contributed by atoms with E-state index in [0.29, 0.717) is 6.61 Å². The largest absolute Gasteiger partial charge is 0.494 e. The van der Waals surface area contributed by atoms with E-state index in [1.54, 1.807) is 11.3 Å². The second-order valence-corrected chi connectivity index (χ2v) is 6.87. The monoisotopic (exact) mass is 372 g/mol. The second kappa shape index (κ2) is 8.37. The van der Waals surface area contributed by atoms with E-state index in [-0.39, 0.29) is 0 Å². The van der Waals surface area contributed by atoms with Gasteiger partial charge in [-0.15, -0.1) is 11.3 Å². The zero-order valence-electron chi connectivity index (χ0n) is 14.4. The molecule has 0 amide bonds. The molecule has 25 heavy (non-hydrogen) atoms. The second-order valence-electron chi connectivity index (χ2n) is 5.60. The van der Waals surface area contributed by atoms with Gasteiger partial charge in [0.15, 0.2) is 4.80 Å². The number of thiazole rings is 1. The first-order valence-corrected chi connectivity index (χ1v) is 9.69. The number of rotatable bonds is 6. The van der Waals surface area contributed by atoms with Gasteiger partial charge >= 0.3 is 0 Å². The lowest BCUT2D eigenvalue weighted by molar-refractivity contribution is 0.340. The molecule has 1 aromatic heterocycles. The van der Waals surface area contributed by atoms with Crippen molar-refractivity contribution < 1.29 is 4.74 Å². The molecule has 0 unspecified atom stereocenters. The minimum atomic E-state index is 0.669. The van der Waals surface area contributed by atoms with Gasteiger partial charge in [-0.05, 0) is 55.3 Å². The summed E-state index contributed by atoms with van der Waals surface area (Å²) < 4.78 is 7.76. The number of aromatic nitrogens is 1. The molecule has 0 aliphatic heterocycles. The quantitative estimate of drug-likeness (QED) is 0.528. The molecular weight excluding hydrogens is 352 g/mol. The Bertz CT molecular complexity index is 879. The van der Waals surface area contributed by atoms with E-state index in [1.807, 2.05) is 43.3 Å². The van der Waals surface area contributed by atoms with Gasteiger partial charge in [0.2, 0.25) is 0 Å². The summed E-state index contributed by atoms with van der Waals surface area (Å²) in [6.45, 7) is 5.76. The van der Waals surface area contributed by atoms with Crippen LogP contribution >= 0.6 is 22.9 Å². The molecule has 0 N–H and O–H groups in total. The molecule has 5 heteroatoms. The molecule has 3 aromatic rings. The minimum Gasteiger partial charge on any atom is -0.494 e. The smallest absolute Gasteiger partial charge is 0.190 e. The van der Waals surface area contributed by atoms with Crippen molar-refractivity contribution in [2.45, 2.75) is 26.8 Å². The number of ether oxygens (including phenoxy) is 1. The Labute approximate surface area is 157 Å². The summed E-state index contributed by atoms with van der Waals surface area (Å²) in [7, 11) is 0. The average molecular weight is 373 g/mol. The van der Waals surface area contributed by atoms with Gasteiger partial charge in [0, 0.05) is 16.9 Å². The van der Waals surface area contributed by atoms with E-state index >= 15 is 0 Å². The van der Waals surface area contributed by atoms with Gasteiger partial charge < -0.3 is 9.30 Å². The third kappa shape index (κ3) is 4.33. The molecule has 0 aliphatic carbocycles. The van der Waals surface area contributed by atoms with Crippen molar-refractivity contribution in [2.75, 3.05) is 6.61 Å². The maximum absolute atomic E-state index is 6.01. The Balaban J connectivity index is 1.99. The Kier molecular flexibility index (Phi) is 5.95. The van der Waals surface area contributed by atoms with Crippen molar-refractivity contribution in [3.63, 3.8) is 0 Å². The van der Waals surface area contributed by atoms with E-state index in [9.17, 15) is 0 Å². The Hall–Kier alpha value is -2.04. The van der Waals surface area contributed by atoms with Crippen LogP contribution in [0, 0.1) is 0 Å². The summed E-state index contributed by atoms with van der Waals surface area (Å²) in [5, 5.41) is 2.91. The molecule has 0 bridgehead atoms. The highest BCUT2D eigenvalue weighted by molar-refractivity contribution is 7.07. The first-order chi connectivity index (χ1) is 12.2. The van der Waals surface area contributed by atoms with Crippen LogP contribution in [-0.4, -0.2) is 11.2 Å². The highest BCUT2D eigenvalue weighted by Gasteiger charge is 2.07. The molecule has 3 nitrogen and oxygen atoms in total. The van der Waals surface area contributed by atoms with E-state index in [2.05, 4.69) is 29.0 Å². The van der Waals surface area contributed by atoms with E-state index in [0.717, 1.165) is 39.8 Å². The molecule has 0 radical (unpaired) electrons. The first-order valence-electron chi connectivity index (χ1n) is 8.43. The van der Waals surface area contributed by atoms with Crippen LogP contribution in [-0.2, 0) is 6.54 Å². The van der Waals surface area contributed by atoms with E-state index in [1.165, 1.54) is 5.69 Å². The van der Waals surface area contributed by atoms with Crippen molar-refractivity contribution in [1.82, 2.24) is 4.57 Å². The lowest BCUT2D eigenvalue weighted by atomic mass is 10.2. The highest BCUT2D eigenvalue weighted by atomic mass is 35.5. The maximum Gasteiger partial charge on any atom is 0.190 e. The normalized spacial score (nSPS) is 11.7. The molecular formula is C20H21ClN2OS. The van der Waals surface area contributed by atoms with Crippen LogP contribution in [0.4, 0.5) is 5.69 Å². The van der Waals surface area contributed by atoms with Gasteiger partial charge in [0.05, 0.1) is 18.0 Å². The highest BCUT2D eigenvalue weighted by Crippen LogP contribution is 2.23. The Morgan fingerprint density at radius 1 is 1.04 bits per heavy atom. The summed E-state index contributed by atoms with van der Waals surface area (Å²) in [5.41, 5.74) is 3.26. The fourth-order valence-corrected chi connectivity index (χ4v) is 3.69. The van der Waals surface area contributed by atoms with Crippen LogP contribution in [0.15, 0.2) is 58.9 Å². The van der Waals surface area contributed by atoms with Gasteiger partial charge in [-0.25, -0.2) is 4.99 Å². The zero-order chi connectivity index (χ0) is 17.6. The van der Waals surface area contributed by atoms with Crippen LogP contribution in [0.25, 0.3) is 11.3 Å². The fraction of sp³-hybridized carbons (Fsp3) is 0.250. The standard InChI is InChI=1S/C20H21ClN2OS/c1-3-13-23-19(15-5-7-16(21)8-6-15)14-25-20(23)22-17-9-11-18(12-10-17)24-4-2/h5-12,14H,3-4,13H2,1-2H3. The summed E-state index contributed by atoms with van der Waals surface area (Å²) >= 11 is 7.67. The van der Waals surface area contributed by atoms with Gasteiger partial charge in [0.25, 0.3) is 0 Å². The topological polar surface area (TPSA) is 26.5 Å². The van der Waals surface area contributed by atoms with Gasteiger partial charge in [-0.1, -0.05) is 30.7 Å². The van der Waals surface area contributed by atoms with Crippen LogP contribution < -0.4 is 9.54 Å². The van der Waals surface area contributed by atoms with Crippen molar-refractivity contribution in [1.29, 1.82) is 0 Å². The molecule has 0 aliphatic rings. The Morgan fingerprint density at radius 2 is 1.76 bits per heavy atom. The minimum absolute atomic E-state index is 0.669. The fourth-order valence-electron chi connectivity index (χ4n) is 2.60. The number of halogens is 1. The van der Waals surface area contributed by atoms with Crippen LogP contribution in [0.5, 0.6) is 5.75 Å². The molecule has 0 saturated carbocycles. The molecule has 0 atom stereocenters. The lowest BCUT2D eigenvalue weighted by Gasteiger charge is -2.08. The van der Waals surface area contributed by atoms with Gasteiger partial charge in [-0.3, -0.25) is 0 Å². The number of hydrogen-bond donors (Lipinski definition) is 0. The van der Waals surface area contributed by atoms with Crippen molar-refractivity contribution >= 4 is 28.6 Å². The molecule has 3 rings (SSSR count). The molecule has 130 valence electrons. The van der Waals surface area contributed by atoms with Gasteiger partial charge in [-0.2, -0.15) is 0 Å². The molecule has 0 spiro atoms. The van der Waals surface area contributed by atoms with Crippen molar-refractivity contribution in [3.05, 3.63) is 63.7 Å². The number of nitrogens with zero attached hydrogens (tertiary/aromatic N) is 2. The molecule has 0 saturated heterocycles. The van der Waals surface area contributed by atoms with E-state index < -0.39 is 0 Å². The SMILES string of the molecule is CCCn1c(-c2ccc(Cl)cc2)csc1=Nc1ccc(OCC)cc1. The van der Waals surface area contributed by atoms with Crippen LogP contribution in [0.2, 0.25) is 5.02 Å². The zero-order valence-corrected chi connectivity index (χ0v) is 16.0. The predicted octanol–water partition coefficient (Wildman–Crippen LogP) is 5.91. The van der Waals surface area contributed by atoms with Crippen LogP contribution in [0.3, 0.4) is 0 Å².